The zero-order chi connectivity index (χ0) is 19.1. The molecule has 0 saturated heterocycles. The molecule has 0 aromatic heterocycles. The lowest BCUT2D eigenvalue weighted by Crippen LogP contribution is -2.45. The van der Waals surface area contributed by atoms with Gasteiger partial charge in [-0.3, -0.25) is 0 Å². The van der Waals surface area contributed by atoms with Gasteiger partial charge in [0.15, 0.2) is 5.96 Å². The number of hydrogen-bond donors (Lipinski definition) is 2. The molecule has 2 N–H and O–H groups in total. The van der Waals surface area contributed by atoms with Crippen LogP contribution in [0, 0.1) is 0 Å². The van der Waals surface area contributed by atoms with Crippen molar-refractivity contribution in [2.24, 2.45) is 4.99 Å². The number of rotatable bonds is 8. The van der Waals surface area contributed by atoms with Crippen LogP contribution in [0.5, 0.6) is 0 Å². The van der Waals surface area contributed by atoms with E-state index in [9.17, 15) is 8.42 Å². The van der Waals surface area contributed by atoms with Crippen LogP contribution in [0.2, 0.25) is 0 Å². The summed E-state index contributed by atoms with van der Waals surface area (Å²) in [6.07, 6.45) is 0. The second-order valence-electron chi connectivity index (χ2n) is 6.44. The molecule has 7 nitrogen and oxygen atoms in total. The third-order valence-electron chi connectivity index (χ3n) is 3.70. The molecule has 25 heavy (non-hydrogen) atoms. The molecule has 0 amide bonds. The van der Waals surface area contributed by atoms with E-state index in [-0.39, 0.29) is 10.5 Å². The summed E-state index contributed by atoms with van der Waals surface area (Å²) in [5.74, 6) is 0.692. The van der Waals surface area contributed by atoms with Gasteiger partial charge in [0.2, 0.25) is 10.0 Å². The third kappa shape index (κ3) is 6.64. The van der Waals surface area contributed by atoms with Crippen molar-refractivity contribution >= 4 is 16.0 Å². The van der Waals surface area contributed by atoms with Crippen LogP contribution in [0.4, 0.5) is 0 Å². The van der Waals surface area contributed by atoms with Crippen LogP contribution in [-0.4, -0.2) is 58.6 Å². The average Bonchev–Trinajstić information content (AvgIpc) is 2.57. The van der Waals surface area contributed by atoms with E-state index in [2.05, 4.69) is 15.6 Å². The van der Waals surface area contributed by atoms with Crippen LogP contribution < -0.4 is 10.6 Å². The van der Waals surface area contributed by atoms with Crippen LogP contribution in [0.1, 0.15) is 26.3 Å². The van der Waals surface area contributed by atoms with Gasteiger partial charge in [-0.1, -0.05) is 12.1 Å². The van der Waals surface area contributed by atoms with Gasteiger partial charge in [-0.2, -0.15) is 0 Å². The first kappa shape index (κ1) is 21.4. The Bertz CT molecular complexity index is 668. The number of nitrogens with zero attached hydrogens (tertiary/aromatic N) is 2. The number of sulfonamides is 1. The smallest absolute Gasteiger partial charge is 0.242 e. The highest BCUT2D eigenvalue weighted by molar-refractivity contribution is 7.89. The zero-order valence-electron chi connectivity index (χ0n) is 16.0. The quantitative estimate of drug-likeness (QED) is 0.534. The van der Waals surface area contributed by atoms with Crippen molar-refractivity contribution in [3.63, 3.8) is 0 Å². The van der Waals surface area contributed by atoms with Crippen molar-refractivity contribution in [1.29, 1.82) is 0 Å². The molecule has 0 bridgehead atoms. The Morgan fingerprint density at radius 2 is 1.80 bits per heavy atom. The molecule has 0 saturated carbocycles. The van der Waals surface area contributed by atoms with Gasteiger partial charge in [0.05, 0.1) is 17.0 Å². The highest BCUT2D eigenvalue weighted by Gasteiger charge is 2.17. The van der Waals surface area contributed by atoms with Crippen molar-refractivity contribution < 1.29 is 13.2 Å². The molecule has 0 heterocycles. The average molecular weight is 371 g/mol. The fourth-order valence-electron chi connectivity index (χ4n) is 1.86. The molecule has 0 aliphatic carbocycles. The molecular weight excluding hydrogens is 340 g/mol. The second-order valence-corrected chi connectivity index (χ2v) is 8.60. The molecular formula is C17H30N4O3S. The molecule has 142 valence electrons. The van der Waals surface area contributed by atoms with E-state index in [1.54, 1.807) is 31.4 Å². The van der Waals surface area contributed by atoms with Crippen LogP contribution in [0.15, 0.2) is 34.2 Å². The van der Waals surface area contributed by atoms with E-state index in [0.717, 1.165) is 12.1 Å². The van der Waals surface area contributed by atoms with E-state index in [4.69, 9.17) is 4.74 Å². The number of aliphatic imine (C=N–C) groups is 1. The first-order valence-corrected chi connectivity index (χ1v) is 9.65. The van der Waals surface area contributed by atoms with E-state index in [1.807, 2.05) is 20.8 Å². The third-order valence-corrected chi connectivity index (χ3v) is 5.53. The Kier molecular flexibility index (Phi) is 7.85. The van der Waals surface area contributed by atoms with Gasteiger partial charge in [0.25, 0.3) is 0 Å². The first-order chi connectivity index (χ1) is 11.6. The highest BCUT2D eigenvalue weighted by Crippen LogP contribution is 2.14. The maximum absolute atomic E-state index is 12.1. The lowest BCUT2D eigenvalue weighted by molar-refractivity contribution is 0.0268. The Labute approximate surface area is 151 Å². The van der Waals surface area contributed by atoms with Crippen LogP contribution in [-0.2, 0) is 21.3 Å². The molecule has 1 aromatic rings. The van der Waals surface area contributed by atoms with Gasteiger partial charge in [-0.15, -0.1) is 0 Å². The maximum atomic E-state index is 12.1. The maximum Gasteiger partial charge on any atom is 0.242 e. The molecule has 0 spiro atoms. The Balaban J connectivity index is 2.79. The normalized spacial score (nSPS) is 13.2. The second kappa shape index (κ2) is 9.17. The summed E-state index contributed by atoms with van der Waals surface area (Å²) in [5.41, 5.74) is 0.638. The molecule has 0 atom stereocenters. The molecule has 8 heteroatoms. The summed E-state index contributed by atoms with van der Waals surface area (Å²) in [5, 5.41) is 6.42. The van der Waals surface area contributed by atoms with E-state index >= 15 is 0 Å². The molecule has 0 aliphatic rings. The van der Waals surface area contributed by atoms with Crippen LogP contribution >= 0.6 is 0 Å². The van der Waals surface area contributed by atoms with E-state index in [1.165, 1.54) is 18.4 Å². The van der Waals surface area contributed by atoms with Crippen molar-refractivity contribution in [3.05, 3.63) is 29.8 Å². The van der Waals surface area contributed by atoms with Gasteiger partial charge in [-0.25, -0.2) is 17.7 Å². The van der Waals surface area contributed by atoms with Crippen molar-refractivity contribution in [2.45, 2.75) is 37.8 Å². The summed E-state index contributed by atoms with van der Waals surface area (Å²) < 4.78 is 30.7. The number of ether oxygens (including phenoxy) is 1. The number of hydrogen-bond acceptors (Lipinski definition) is 4. The van der Waals surface area contributed by atoms with Crippen molar-refractivity contribution in [2.75, 3.05) is 34.3 Å². The summed E-state index contributed by atoms with van der Waals surface area (Å²) in [7, 11) is 1.31. The van der Waals surface area contributed by atoms with Gasteiger partial charge in [0, 0.05) is 34.3 Å². The van der Waals surface area contributed by atoms with Gasteiger partial charge < -0.3 is 15.4 Å². The van der Waals surface area contributed by atoms with Gasteiger partial charge in [0.1, 0.15) is 0 Å². The van der Waals surface area contributed by atoms with Crippen LogP contribution in [0.25, 0.3) is 0 Å². The fourth-order valence-corrected chi connectivity index (χ4v) is 2.76. The SMILES string of the molecule is CCNC(=NCc1ccc(S(=O)(=O)N(C)C)cc1)NCC(C)(C)OC. The first-order valence-electron chi connectivity index (χ1n) is 8.21. The number of benzene rings is 1. The van der Waals surface area contributed by atoms with E-state index < -0.39 is 10.0 Å². The molecule has 1 rings (SSSR count). The lowest BCUT2D eigenvalue weighted by Gasteiger charge is -2.24. The topological polar surface area (TPSA) is 83.0 Å². The lowest BCUT2D eigenvalue weighted by atomic mass is 10.1. The summed E-state index contributed by atoms with van der Waals surface area (Å²) >= 11 is 0. The minimum Gasteiger partial charge on any atom is -0.377 e. The minimum atomic E-state index is -3.40. The largest absolute Gasteiger partial charge is 0.377 e. The van der Waals surface area contributed by atoms with Crippen molar-refractivity contribution in [3.8, 4) is 0 Å². The fraction of sp³-hybridized carbons (Fsp3) is 0.588. The Morgan fingerprint density at radius 3 is 2.28 bits per heavy atom. The summed E-state index contributed by atoms with van der Waals surface area (Å²) in [6, 6.07) is 6.77. The number of nitrogens with one attached hydrogen (secondary N) is 2. The predicted octanol–water partition coefficient (Wildman–Crippen LogP) is 1.42. The Morgan fingerprint density at radius 1 is 1.20 bits per heavy atom. The summed E-state index contributed by atoms with van der Waals surface area (Å²) in [6.45, 7) is 7.81. The summed E-state index contributed by atoms with van der Waals surface area (Å²) in [4.78, 5) is 4.80. The Hall–Kier alpha value is -1.64. The standard InChI is InChI=1S/C17H30N4O3S/c1-7-18-16(20-13-17(2,3)24-6)19-12-14-8-10-15(11-9-14)25(22,23)21(4)5/h8-11H,7,12-13H2,1-6H3,(H2,18,19,20). The highest BCUT2D eigenvalue weighted by atomic mass is 32.2. The minimum absolute atomic E-state index is 0.275. The van der Waals surface area contributed by atoms with Gasteiger partial charge in [-0.05, 0) is 38.5 Å². The predicted molar refractivity (Wildman–Crippen MR) is 101 cm³/mol. The molecule has 0 aliphatic heterocycles. The van der Waals surface area contributed by atoms with Crippen molar-refractivity contribution in [1.82, 2.24) is 14.9 Å². The van der Waals surface area contributed by atoms with E-state index in [0.29, 0.717) is 19.0 Å². The number of methoxy groups -OCH3 is 1. The molecule has 1 aromatic carbocycles. The zero-order valence-corrected chi connectivity index (χ0v) is 16.8. The number of guanidine groups is 1. The van der Waals surface area contributed by atoms with Gasteiger partial charge >= 0.3 is 0 Å². The monoisotopic (exact) mass is 370 g/mol. The molecule has 0 radical (unpaired) electrons. The van der Waals surface area contributed by atoms with Crippen LogP contribution in [0.3, 0.4) is 0 Å². The molecule has 0 fully saturated rings. The molecule has 0 unspecified atom stereocenters.